The minimum atomic E-state index is -0.160. The number of aryl methyl sites for hydroxylation is 1. The minimum absolute atomic E-state index is 0. The summed E-state index contributed by atoms with van der Waals surface area (Å²) < 4.78 is 11.6. The maximum atomic E-state index is 6.28. The van der Waals surface area contributed by atoms with Gasteiger partial charge in [0.05, 0.1) is 12.6 Å². The highest BCUT2D eigenvalue weighted by Gasteiger charge is 2.22. The molecule has 166 valence electrons. The van der Waals surface area contributed by atoms with Gasteiger partial charge in [0.25, 0.3) is 0 Å². The van der Waals surface area contributed by atoms with E-state index in [9.17, 15) is 0 Å². The van der Waals surface area contributed by atoms with E-state index >= 15 is 0 Å². The van der Waals surface area contributed by atoms with Crippen molar-refractivity contribution in [2.75, 3.05) is 7.05 Å². The van der Waals surface area contributed by atoms with Gasteiger partial charge in [0.1, 0.15) is 5.75 Å². The molecule has 7 nitrogen and oxygen atoms in total. The largest absolute Gasteiger partial charge is 0.490 e. The predicted octanol–water partition coefficient (Wildman–Crippen LogP) is 4.48. The van der Waals surface area contributed by atoms with Gasteiger partial charge in [0.2, 0.25) is 5.89 Å². The molecule has 3 rings (SSSR count). The molecule has 2 N–H and O–H groups in total. The van der Waals surface area contributed by atoms with Crippen molar-refractivity contribution in [3.63, 3.8) is 0 Å². The van der Waals surface area contributed by atoms with Crippen molar-refractivity contribution >= 4 is 29.9 Å². The Balaban J connectivity index is 0.00000320. The van der Waals surface area contributed by atoms with Crippen molar-refractivity contribution in [2.24, 2.45) is 4.99 Å². The van der Waals surface area contributed by atoms with Crippen molar-refractivity contribution < 1.29 is 9.26 Å². The third-order valence-corrected chi connectivity index (χ3v) is 5.01. The van der Waals surface area contributed by atoms with Crippen LogP contribution in [0.15, 0.2) is 27.7 Å². The van der Waals surface area contributed by atoms with Crippen LogP contribution in [0, 0.1) is 6.92 Å². The number of aromatic nitrogens is 2. The molecule has 1 fully saturated rings. The van der Waals surface area contributed by atoms with Gasteiger partial charge in [-0.05, 0) is 44.2 Å². The summed E-state index contributed by atoms with van der Waals surface area (Å²) in [6.07, 6.45) is 5.14. The summed E-state index contributed by atoms with van der Waals surface area (Å²) in [5, 5.41) is 10.6. The van der Waals surface area contributed by atoms with Gasteiger partial charge in [-0.1, -0.05) is 38.1 Å². The van der Waals surface area contributed by atoms with Crippen LogP contribution >= 0.6 is 24.0 Å². The lowest BCUT2D eigenvalue weighted by molar-refractivity contribution is 0.207. The van der Waals surface area contributed by atoms with E-state index in [-0.39, 0.29) is 29.4 Å². The number of rotatable bonds is 6. The Morgan fingerprint density at radius 2 is 1.90 bits per heavy atom. The predicted molar refractivity (Wildman–Crippen MR) is 130 cm³/mol. The second kappa shape index (κ2) is 11.0. The van der Waals surface area contributed by atoms with Gasteiger partial charge in [-0.15, -0.1) is 24.0 Å². The first-order valence-corrected chi connectivity index (χ1v) is 10.4. The van der Waals surface area contributed by atoms with E-state index in [1.807, 2.05) is 20.8 Å². The van der Waals surface area contributed by atoms with Crippen molar-refractivity contribution in [1.82, 2.24) is 20.8 Å². The summed E-state index contributed by atoms with van der Waals surface area (Å²) >= 11 is 0. The van der Waals surface area contributed by atoms with E-state index in [0.717, 1.165) is 24.2 Å². The van der Waals surface area contributed by atoms with Crippen LogP contribution in [0.25, 0.3) is 0 Å². The SMILES string of the molecule is CN=C(NCc1noc(C(C)(C)C)n1)NCc1ccc(C)cc1OC1CCCC1.I. The zero-order valence-corrected chi connectivity index (χ0v) is 20.9. The molecule has 8 heteroatoms. The molecule has 30 heavy (non-hydrogen) atoms. The second-order valence-corrected chi connectivity index (χ2v) is 8.68. The molecule has 1 aliphatic rings. The van der Waals surface area contributed by atoms with Gasteiger partial charge in [-0.25, -0.2) is 0 Å². The third kappa shape index (κ3) is 6.85. The molecular formula is C22H34IN5O2. The van der Waals surface area contributed by atoms with Crippen LogP contribution in [0.3, 0.4) is 0 Å². The minimum Gasteiger partial charge on any atom is -0.490 e. The Morgan fingerprint density at radius 3 is 2.53 bits per heavy atom. The maximum Gasteiger partial charge on any atom is 0.232 e. The number of halogens is 1. The fourth-order valence-electron chi connectivity index (χ4n) is 3.30. The van der Waals surface area contributed by atoms with Crippen LogP contribution in [-0.2, 0) is 18.5 Å². The van der Waals surface area contributed by atoms with E-state index in [1.54, 1.807) is 7.05 Å². The Labute approximate surface area is 196 Å². The normalized spacial score (nSPS) is 15.0. The summed E-state index contributed by atoms with van der Waals surface area (Å²) in [4.78, 5) is 8.74. The molecule has 0 unspecified atom stereocenters. The molecule has 1 saturated carbocycles. The van der Waals surface area contributed by atoms with Crippen molar-refractivity contribution in [2.45, 2.75) is 78.0 Å². The number of guanidine groups is 1. The molecule has 2 aromatic rings. The summed E-state index contributed by atoms with van der Waals surface area (Å²) in [5.74, 6) is 2.89. The van der Waals surface area contributed by atoms with E-state index in [2.05, 4.69) is 50.9 Å². The van der Waals surface area contributed by atoms with Crippen molar-refractivity contribution in [1.29, 1.82) is 0 Å². The van der Waals surface area contributed by atoms with Crippen LogP contribution in [0.5, 0.6) is 5.75 Å². The molecule has 0 amide bonds. The van der Waals surface area contributed by atoms with Gasteiger partial charge in [-0.3, -0.25) is 4.99 Å². The molecule has 1 aromatic carbocycles. The zero-order valence-electron chi connectivity index (χ0n) is 18.6. The van der Waals surface area contributed by atoms with Crippen molar-refractivity contribution in [3.05, 3.63) is 41.0 Å². The quantitative estimate of drug-likeness (QED) is 0.328. The second-order valence-electron chi connectivity index (χ2n) is 8.68. The topological polar surface area (TPSA) is 84.6 Å². The van der Waals surface area contributed by atoms with E-state index < -0.39 is 0 Å². The molecule has 1 heterocycles. The van der Waals surface area contributed by atoms with E-state index in [0.29, 0.717) is 36.9 Å². The average molecular weight is 527 g/mol. The fraction of sp³-hybridized carbons (Fsp3) is 0.591. The van der Waals surface area contributed by atoms with Gasteiger partial charge < -0.3 is 19.9 Å². The van der Waals surface area contributed by atoms with Gasteiger partial charge in [-0.2, -0.15) is 4.98 Å². The molecule has 1 aromatic heterocycles. The highest BCUT2D eigenvalue weighted by Crippen LogP contribution is 2.27. The van der Waals surface area contributed by atoms with E-state index in [4.69, 9.17) is 9.26 Å². The van der Waals surface area contributed by atoms with Gasteiger partial charge in [0, 0.05) is 24.6 Å². The molecule has 0 bridgehead atoms. The highest BCUT2D eigenvalue weighted by atomic mass is 127. The summed E-state index contributed by atoms with van der Waals surface area (Å²) in [6.45, 7) is 9.30. The number of benzene rings is 1. The lowest BCUT2D eigenvalue weighted by Crippen LogP contribution is -2.36. The molecule has 0 radical (unpaired) electrons. The number of aliphatic imine (C=N–C) groups is 1. The molecule has 0 atom stereocenters. The molecular weight excluding hydrogens is 493 g/mol. The Bertz CT molecular complexity index is 838. The number of nitrogens with zero attached hydrogens (tertiary/aromatic N) is 3. The lowest BCUT2D eigenvalue weighted by atomic mass is 9.97. The summed E-state index contributed by atoms with van der Waals surface area (Å²) in [5.41, 5.74) is 2.17. The Kier molecular flexibility index (Phi) is 8.93. The number of ether oxygens (including phenoxy) is 1. The molecule has 0 saturated heterocycles. The molecule has 0 spiro atoms. The first kappa shape index (κ1) is 24.4. The van der Waals surface area contributed by atoms with Crippen LogP contribution in [0.2, 0.25) is 0 Å². The third-order valence-electron chi connectivity index (χ3n) is 5.01. The van der Waals surface area contributed by atoms with Crippen LogP contribution in [-0.4, -0.2) is 29.3 Å². The number of hydrogen-bond acceptors (Lipinski definition) is 5. The number of hydrogen-bond donors (Lipinski definition) is 2. The van der Waals surface area contributed by atoms with Gasteiger partial charge >= 0.3 is 0 Å². The Morgan fingerprint density at radius 1 is 1.20 bits per heavy atom. The first-order valence-electron chi connectivity index (χ1n) is 10.4. The standard InChI is InChI=1S/C22H33N5O2.HI/c1-15-10-11-16(18(12-15)28-17-8-6-7-9-17)13-24-21(23-5)25-14-19-26-20(29-27-19)22(2,3)4;/h10-12,17H,6-9,13-14H2,1-5H3,(H2,23,24,25);1H. The number of nitrogens with one attached hydrogen (secondary N) is 2. The molecule has 1 aliphatic carbocycles. The highest BCUT2D eigenvalue weighted by molar-refractivity contribution is 14.0. The smallest absolute Gasteiger partial charge is 0.232 e. The van der Waals surface area contributed by atoms with Crippen LogP contribution in [0.4, 0.5) is 0 Å². The molecule has 0 aliphatic heterocycles. The van der Waals surface area contributed by atoms with Crippen molar-refractivity contribution in [3.8, 4) is 5.75 Å². The fourth-order valence-corrected chi connectivity index (χ4v) is 3.30. The lowest BCUT2D eigenvalue weighted by Gasteiger charge is -2.18. The summed E-state index contributed by atoms with van der Waals surface area (Å²) in [6, 6.07) is 6.36. The average Bonchev–Trinajstić information content (AvgIpc) is 3.35. The van der Waals surface area contributed by atoms with E-state index in [1.165, 1.54) is 18.4 Å². The van der Waals surface area contributed by atoms with Crippen LogP contribution < -0.4 is 15.4 Å². The maximum absolute atomic E-state index is 6.28. The summed E-state index contributed by atoms with van der Waals surface area (Å²) in [7, 11) is 1.75. The zero-order chi connectivity index (χ0) is 20.9. The van der Waals surface area contributed by atoms with Crippen LogP contribution in [0.1, 0.15) is 69.3 Å². The first-order chi connectivity index (χ1) is 13.8. The Hall–Kier alpha value is -1.84. The van der Waals surface area contributed by atoms with Gasteiger partial charge in [0.15, 0.2) is 11.8 Å². The monoisotopic (exact) mass is 527 g/mol.